The van der Waals surface area contributed by atoms with Crippen LogP contribution in [-0.2, 0) is 5.72 Å². The standard InChI is InChI=1S/C20H14F5NO/c1-12-14-9-5-6-10-16(14)26-17(12)15(13-7-3-2-4-8-13)11-18(26,27)19(21,22)20(23,24)25/h2-11,27H,1H3. The number of nitrogens with zero attached hydrogens (tertiary/aromatic N) is 1. The highest BCUT2D eigenvalue weighted by Gasteiger charge is 2.72. The van der Waals surface area contributed by atoms with E-state index in [1.165, 1.54) is 12.1 Å². The summed E-state index contributed by atoms with van der Waals surface area (Å²) < 4.78 is 69.3. The first-order valence-corrected chi connectivity index (χ1v) is 8.15. The summed E-state index contributed by atoms with van der Waals surface area (Å²) in [4.78, 5) is 0. The van der Waals surface area contributed by atoms with E-state index >= 15 is 0 Å². The van der Waals surface area contributed by atoms with Crippen LogP contribution in [0, 0.1) is 6.92 Å². The number of aliphatic hydroxyl groups is 1. The fourth-order valence-corrected chi connectivity index (χ4v) is 3.69. The number of hydrogen-bond acceptors (Lipinski definition) is 1. The van der Waals surface area contributed by atoms with Crippen molar-refractivity contribution in [2.75, 3.05) is 0 Å². The Kier molecular flexibility index (Phi) is 3.56. The maximum Gasteiger partial charge on any atom is 0.458 e. The Hall–Kier alpha value is -2.67. The lowest BCUT2D eigenvalue weighted by Gasteiger charge is -2.34. The Morgan fingerprint density at radius 3 is 2.11 bits per heavy atom. The predicted molar refractivity (Wildman–Crippen MR) is 91.4 cm³/mol. The molecule has 2 heterocycles. The molecule has 2 nitrogen and oxygen atoms in total. The highest BCUT2D eigenvalue weighted by molar-refractivity contribution is 5.95. The fourth-order valence-electron chi connectivity index (χ4n) is 3.69. The van der Waals surface area contributed by atoms with E-state index in [1.807, 2.05) is 0 Å². The zero-order valence-electron chi connectivity index (χ0n) is 14.1. The summed E-state index contributed by atoms with van der Waals surface area (Å²) >= 11 is 0. The summed E-state index contributed by atoms with van der Waals surface area (Å²) in [5.74, 6) is -5.39. The van der Waals surface area contributed by atoms with E-state index in [2.05, 4.69) is 0 Å². The zero-order valence-corrected chi connectivity index (χ0v) is 14.1. The summed E-state index contributed by atoms with van der Waals surface area (Å²) in [6, 6.07) is 14.5. The van der Waals surface area contributed by atoms with E-state index in [0.29, 0.717) is 27.2 Å². The number of aryl methyl sites for hydroxylation is 1. The van der Waals surface area contributed by atoms with Crippen molar-refractivity contribution < 1.29 is 27.1 Å². The van der Waals surface area contributed by atoms with Crippen LogP contribution in [0.15, 0.2) is 60.7 Å². The lowest BCUT2D eigenvalue weighted by atomic mass is 9.97. The first-order chi connectivity index (χ1) is 12.6. The molecule has 0 saturated heterocycles. The van der Waals surface area contributed by atoms with Gasteiger partial charge in [-0.05, 0) is 30.2 Å². The number of alkyl halides is 5. The maximum absolute atomic E-state index is 14.5. The van der Waals surface area contributed by atoms with Gasteiger partial charge in [0.05, 0.1) is 11.2 Å². The summed E-state index contributed by atoms with van der Waals surface area (Å²) in [5, 5.41) is 11.3. The molecule has 3 aromatic rings. The Morgan fingerprint density at radius 2 is 1.48 bits per heavy atom. The van der Waals surface area contributed by atoms with Crippen molar-refractivity contribution in [3.05, 3.63) is 77.5 Å². The van der Waals surface area contributed by atoms with Gasteiger partial charge in [0.25, 0.3) is 0 Å². The molecule has 0 saturated carbocycles. The predicted octanol–water partition coefficient (Wildman–Crippen LogP) is 5.24. The number of fused-ring (bicyclic) bond motifs is 3. The van der Waals surface area contributed by atoms with Crippen molar-refractivity contribution in [3.8, 4) is 0 Å². The van der Waals surface area contributed by atoms with Crippen molar-refractivity contribution in [2.24, 2.45) is 0 Å². The topological polar surface area (TPSA) is 25.2 Å². The second-order valence-corrected chi connectivity index (χ2v) is 6.55. The molecule has 0 spiro atoms. The first kappa shape index (κ1) is 17.7. The molecular formula is C20H14F5NO. The van der Waals surface area contributed by atoms with Crippen molar-refractivity contribution in [3.63, 3.8) is 0 Å². The number of hydrogen-bond donors (Lipinski definition) is 1. The van der Waals surface area contributed by atoms with Crippen LogP contribution in [-0.4, -0.2) is 21.8 Å². The van der Waals surface area contributed by atoms with Crippen LogP contribution in [0.2, 0.25) is 0 Å². The molecule has 1 aromatic heterocycles. The molecule has 1 unspecified atom stereocenters. The van der Waals surface area contributed by atoms with Gasteiger partial charge in [0, 0.05) is 11.0 Å². The minimum absolute atomic E-state index is 0.110. The van der Waals surface area contributed by atoms with E-state index in [9.17, 15) is 27.1 Å². The molecule has 0 aliphatic carbocycles. The number of benzene rings is 2. The van der Waals surface area contributed by atoms with E-state index in [1.54, 1.807) is 49.4 Å². The Morgan fingerprint density at radius 1 is 0.889 bits per heavy atom. The SMILES string of the molecule is Cc1c2n(c3ccccc13)C(O)(C(F)(F)C(F)(F)F)C=C2c1ccccc1. The minimum Gasteiger partial charge on any atom is -0.362 e. The Labute approximate surface area is 151 Å². The molecule has 4 rings (SSSR count). The summed E-state index contributed by atoms with van der Waals surface area (Å²) in [7, 11) is 0. The van der Waals surface area contributed by atoms with Crippen LogP contribution in [0.4, 0.5) is 22.0 Å². The number of halogens is 5. The smallest absolute Gasteiger partial charge is 0.362 e. The van der Waals surface area contributed by atoms with Crippen molar-refractivity contribution in [2.45, 2.75) is 24.7 Å². The van der Waals surface area contributed by atoms with Crippen molar-refractivity contribution >= 4 is 16.5 Å². The molecule has 7 heteroatoms. The molecule has 1 N–H and O–H groups in total. The van der Waals surface area contributed by atoms with Crippen LogP contribution >= 0.6 is 0 Å². The second-order valence-electron chi connectivity index (χ2n) is 6.55. The first-order valence-electron chi connectivity index (χ1n) is 8.15. The van der Waals surface area contributed by atoms with E-state index < -0.39 is 17.8 Å². The van der Waals surface area contributed by atoms with E-state index in [0.717, 1.165) is 0 Å². The monoisotopic (exact) mass is 379 g/mol. The number of rotatable bonds is 2. The van der Waals surface area contributed by atoms with E-state index in [-0.39, 0.29) is 16.8 Å². The van der Waals surface area contributed by atoms with Gasteiger partial charge in [-0.3, -0.25) is 0 Å². The van der Waals surface area contributed by atoms with Crippen LogP contribution in [0.3, 0.4) is 0 Å². The Balaban J connectivity index is 2.12. The molecule has 1 aliphatic rings. The van der Waals surface area contributed by atoms with Crippen LogP contribution in [0.1, 0.15) is 16.8 Å². The normalized spacial score (nSPS) is 20.0. The molecule has 0 amide bonds. The van der Waals surface area contributed by atoms with Crippen LogP contribution in [0.25, 0.3) is 16.5 Å². The number of para-hydroxylation sites is 1. The third kappa shape index (κ3) is 2.21. The third-order valence-corrected chi connectivity index (χ3v) is 4.97. The lowest BCUT2D eigenvalue weighted by molar-refractivity contribution is -0.349. The van der Waals surface area contributed by atoms with Gasteiger partial charge in [0.15, 0.2) is 0 Å². The van der Waals surface area contributed by atoms with Crippen molar-refractivity contribution in [1.29, 1.82) is 0 Å². The molecule has 1 aliphatic heterocycles. The van der Waals surface area contributed by atoms with Gasteiger partial charge in [0.1, 0.15) is 0 Å². The summed E-state index contributed by atoms with van der Waals surface area (Å²) in [5.41, 5.74) is -2.21. The lowest BCUT2D eigenvalue weighted by Crippen LogP contribution is -2.56. The molecule has 1 atom stereocenters. The molecule has 140 valence electrons. The van der Waals surface area contributed by atoms with Crippen LogP contribution < -0.4 is 0 Å². The number of aromatic nitrogens is 1. The average molecular weight is 379 g/mol. The maximum atomic E-state index is 14.5. The molecule has 2 aromatic carbocycles. The minimum atomic E-state index is -5.93. The third-order valence-electron chi connectivity index (χ3n) is 4.97. The average Bonchev–Trinajstić information content (AvgIpc) is 3.11. The highest BCUT2D eigenvalue weighted by Crippen LogP contribution is 2.54. The zero-order chi connectivity index (χ0) is 19.6. The molecule has 0 bridgehead atoms. The van der Waals surface area contributed by atoms with Gasteiger partial charge in [-0.1, -0.05) is 48.5 Å². The molecular weight excluding hydrogens is 365 g/mol. The van der Waals surface area contributed by atoms with Crippen LogP contribution in [0.5, 0.6) is 0 Å². The largest absolute Gasteiger partial charge is 0.458 e. The van der Waals surface area contributed by atoms with Gasteiger partial charge in [-0.25, -0.2) is 0 Å². The molecule has 0 fully saturated rings. The van der Waals surface area contributed by atoms with Gasteiger partial charge in [-0.15, -0.1) is 0 Å². The molecule has 27 heavy (non-hydrogen) atoms. The molecule has 0 radical (unpaired) electrons. The fraction of sp³-hybridized carbons (Fsp3) is 0.200. The van der Waals surface area contributed by atoms with Gasteiger partial charge >= 0.3 is 12.1 Å². The van der Waals surface area contributed by atoms with Crippen molar-refractivity contribution in [1.82, 2.24) is 4.57 Å². The van der Waals surface area contributed by atoms with Gasteiger partial charge < -0.3 is 9.67 Å². The second kappa shape index (κ2) is 5.42. The quantitative estimate of drug-likeness (QED) is 0.606. The highest BCUT2D eigenvalue weighted by atomic mass is 19.4. The van der Waals surface area contributed by atoms with Gasteiger partial charge in [0.2, 0.25) is 5.72 Å². The Bertz CT molecular complexity index is 1070. The van der Waals surface area contributed by atoms with E-state index in [4.69, 9.17) is 0 Å². The summed E-state index contributed by atoms with van der Waals surface area (Å²) in [6.07, 6.45) is -5.31. The van der Waals surface area contributed by atoms with Gasteiger partial charge in [-0.2, -0.15) is 22.0 Å². The summed E-state index contributed by atoms with van der Waals surface area (Å²) in [6.45, 7) is 1.64.